The summed E-state index contributed by atoms with van der Waals surface area (Å²) in [5, 5.41) is 11.2. The zero-order valence-corrected chi connectivity index (χ0v) is 10.1. The van der Waals surface area contributed by atoms with Crippen LogP contribution >= 0.6 is 11.8 Å². The fourth-order valence-corrected chi connectivity index (χ4v) is 2.91. The highest BCUT2D eigenvalue weighted by Gasteiger charge is 2.37. The molecule has 0 aromatic heterocycles. The molecule has 2 heterocycles. The largest absolute Gasteiger partial charge is 0.480 e. The third kappa shape index (κ3) is 2.26. The number of aliphatic carboxylic acids is 1. The Hall–Kier alpha value is -1.77. The molecule has 18 heavy (non-hydrogen) atoms. The summed E-state index contributed by atoms with van der Waals surface area (Å²) in [4.78, 5) is 47.3. The molecule has 0 bridgehead atoms. The van der Waals surface area contributed by atoms with Gasteiger partial charge in [-0.15, -0.1) is 11.8 Å². The van der Waals surface area contributed by atoms with E-state index in [9.17, 15) is 19.2 Å². The van der Waals surface area contributed by atoms with Crippen molar-refractivity contribution in [1.29, 1.82) is 0 Å². The van der Waals surface area contributed by atoms with Crippen molar-refractivity contribution in [1.82, 2.24) is 15.1 Å². The number of hydrogen-bond donors (Lipinski definition) is 2. The molecular formula is C9H11N3O5S. The molecule has 2 aliphatic rings. The highest BCUT2D eigenvalue weighted by Crippen LogP contribution is 2.21. The van der Waals surface area contributed by atoms with E-state index in [0.29, 0.717) is 5.75 Å². The molecular weight excluding hydrogens is 262 g/mol. The molecule has 2 fully saturated rings. The van der Waals surface area contributed by atoms with Crippen LogP contribution < -0.4 is 5.32 Å². The molecule has 1 atom stereocenters. The van der Waals surface area contributed by atoms with E-state index in [1.807, 2.05) is 0 Å². The maximum atomic E-state index is 11.9. The highest BCUT2D eigenvalue weighted by atomic mass is 32.2. The molecule has 9 heteroatoms. The number of carbonyl (C=O) groups excluding carboxylic acids is 3. The van der Waals surface area contributed by atoms with E-state index >= 15 is 0 Å². The lowest BCUT2D eigenvalue weighted by Gasteiger charge is -2.22. The van der Waals surface area contributed by atoms with Crippen LogP contribution in [0.5, 0.6) is 0 Å². The fraction of sp³-hybridized carbons (Fsp3) is 0.556. The molecule has 0 spiro atoms. The summed E-state index contributed by atoms with van der Waals surface area (Å²) in [6, 6.07) is -1.50. The van der Waals surface area contributed by atoms with E-state index in [1.165, 1.54) is 16.7 Å². The van der Waals surface area contributed by atoms with E-state index < -0.39 is 36.4 Å². The first-order chi connectivity index (χ1) is 8.50. The highest BCUT2D eigenvalue weighted by molar-refractivity contribution is 7.99. The van der Waals surface area contributed by atoms with Crippen LogP contribution in [-0.2, 0) is 14.4 Å². The van der Waals surface area contributed by atoms with Crippen LogP contribution in [0.25, 0.3) is 0 Å². The summed E-state index contributed by atoms with van der Waals surface area (Å²) in [5.41, 5.74) is 0. The van der Waals surface area contributed by atoms with E-state index in [0.717, 1.165) is 4.90 Å². The summed E-state index contributed by atoms with van der Waals surface area (Å²) in [6.45, 7) is -0.530. The van der Waals surface area contributed by atoms with Crippen LogP contribution in [0.1, 0.15) is 0 Å². The normalized spacial score (nSPS) is 23.4. The number of nitrogens with zero attached hydrogens (tertiary/aromatic N) is 2. The van der Waals surface area contributed by atoms with E-state index in [1.54, 1.807) is 0 Å². The first-order valence-corrected chi connectivity index (χ1v) is 6.34. The van der Waals surface area contributed by atoms with E-state index in [-0.39, 0.29) is 12.4 Å². The van der Waals surface area contributed by atoms with Gasteiger partial charge < -0.3 is 15.3 Å². The van der Waals surface area contributed by atoms with Crippen LogP contribution in [0.4, 0.5) is 4.79 Å². The molecule has 98 valence electrons. The molecule has 2 N–H and O–H groups in total. The Balaban J connectivity index is 2.01. The molecule has 0 aromatic rings. The molecule has 0 aliphatic carbocycles. The Labute approximate surface area is 106 Å². The second kappa shape index (κ2) is 4.84. The number of urea groups is 1. The number of carboxylic acids is 1. The van der Waals surface area contributed by atoms with Gasteiger partial charge in [-0.2, -0.15) is 0 Å². The SMILES string of the molecule is O=C(O)[C@@H]1CSCN1C(=O)CN1C(=O)CNC1=O. The van der Waals surface area contributed by atoms with Gasteiger partial charge in [0.05, 0.1) is 12.4 Å². The van der Waals surface area contributed by atoms with Crippen LogP contribution in [0.3, 0.4) is 0 Å². The fourth-order valence-electron chi connectivity index (χ4n) is 1.73. The summed E-state index contributed by atoms with van der Waals surface area (Å²) >= 11 is 1.33. The minimum atomic E-state index is -1.08. The maximum Gasteiger partial charge on any atom is 0.327 e. The summed E-state index contributed by atoms with van der Waals surface area (Å²) in [7, 11) is 0. The quantitative estimate of drug-likeness (QED) is 0.608. The number of carboxylic acid groups (broad SMARTS) is 1. The average molecular weight is 273 g/mol. The first-order valence-electron chi connectivity index (χ1n) is 5.19. The second-order valence-corrected chi connectivity index (χ2v) is 4.86. The average Bonchev–Trinajstić information content (AvgIpc) is 2.90. The van der Waals surface area contributed by atoms with Gasteiger partial charge in [0.25, 0.3) is 5.91 Å². The summed E-state index contributed by atoms with van der Waals surface area (Å²) < 4.78 is 0. The lowest BCUT2D eigenvalue weighted by molar-refractivity contribution is -0.148. The van der Waals surface area contributed by atoms with Crippen LogP contribution in [0.15, 0.2) is 0 Å². The van der Waals surface area contributed by atoms with Crippen molar-refractivity contribution in [3.05, 3.63) is 0 Å². The molecule has 2 saturated heterocycles. The number of imide groups is 1. The van der Waals surface area contributed by atoms with Gasteiger partial charge in [0.15, 0.2) is 0 Å². The molecule has 0 unspecified atom stereocenters. The molecule has 8 nitrogen and oxygen atoms in total. The second-order valence-electron chi connectivity index (χ2n) is 3.86. The van der Waals surface area contributed by atoms with Crippen molar-refractivity contribution in [3.8, 4) is 0 Å². The van der Waals surface area contributed by atoms with Crippen LogP contribution in [0.2, 0.25) is 0 Å². The van der Waals surface area contributed by atoms with Crippen molar-refractivity contribution in [2.75, 3.05) is 24.7 Å². The van der Waals surface area contributed by atoms with Crippen molar-refractivity contribution >= 4 is 35.6 Å². The van der Waals surface area contributed by atoms with Gasteiger partial charge in [-0.05, 0) is 0 Å². The Morgan fingerprint density at radius 1 is 1.44 bits per heavy atom. The van der Waals surface area contributed by atoms with Crippen molar-refractivity contribution in [2.24, 2.45) is 0 Å². The summed E-state index contributed by atoms with van der Waals surface area (Å²) in [5.74, 6) is -1.50. The molecule has 0 saturated carbocycles. The van der Waals surface area contributed by atoms with Gasteiger partial charge in [-0.25, -0.2) is 9.59 Å². The Morgan fingerprint density at radius 3 is 2.72 bits per heavy atom. The number of thioether (sulfide) groups is 1. The lowest BCUT2D eigenvalue weighted by Crippen LogP contribution is -2.47. The van der Waals surface area contributed by atoms with Gasteiger partial charge in [0.1, 0.15) is 12.6 Å². The lowest BCUT2D eigenvalue weighted by atomic mass is 10.3. The molecule has 2 rings (SSSR count). The molecule has 2 aliphatic heterocycles. The molecule has 0 aromatic carbocycles. The Morgan fingerprint density at radius 2 is 2.17 bits per heavy atom. The van der Waals surface area contributed by atoms with E-state index in [4.69, 9.17) is 5.11 Å². The first kappa shape index (κ1) is 12.7. The van der Waals surface area contributed by atoms with Crippen molar-refractivity contribution in [3.63, 3.8) is 0 Å². The van der Waals surface area contributed by atoms with Gasteiger partial charge >= 0.3 is 12.0 Å². The zero-order valence-electron chi connectivity index (χ0n) is 9.29. The minimum absolute atomic E-state index is 0.122. The monoisotopic (exact) mass is 273 g/mol. The minimum Gasteiger partial charge on any atom is -0.480 e. The van der Waals surface area contributed by atoms with Gasteiger partial charge in [-0.1, -0.05) is 0 Å². The number of carbonyl (C=O) groups is 4. The van der Waals surface area contributed by atoms with Crippen molar-refractivity contribution < 1.29 is 24.3 Å². The predicted octanol–water partition coefficient (Wildman–Crippen LogP) is -1.48. The maximum absolute atomic E-state index is 11.9. The Kier molecular flexibility index (Phi) is 3.41. The zero-order chi connectivity index (χ0) is 13.3. The Bertz CT molecular complexity index is 410. The van der Waals surface area contributed by atoms with Crippen LogP contribution in [-0.4, -0.2) is 69.5 Å². The number of nitrogens with one attached hydrogen (secondary N) is 1. The standard InChI is InChI=1S/C9H11N3O5S/c13-6-1-10-9(17)11(6)2-7(14)12-4-18-3-5(12)8(15)16/h5H,1-4H2,(H,10,17)(H,15,16)/t5-/m0/s1. The van der Waals surface area contributed by atoms with Gasteiger partial charge in [-0.3, -0.25) is 14.5 Å². The number of hydrogen-bond acceptors (Lipinski definition) is 5. The number of amides is 4. The molecule has 0 radical (unpaired) electrons. The van der Waals surface area contributed by atoms with E-state index in [2.05, 4.69) is 5.32 Å². The molecule has 4 amide bonds. The van der Waals surface area contributed by atoms with Crippen LogP contribution in [0, 0.1) is 0 Å². The predicted molar refractivity (Wildman–Crippen MR) is 60.7 cm³/mol. The van der Waals surface area contributed by atoms with Crippen molar-refractivity contribution in [2.45, 2.75) is 6.04 Å². The van der Waals surface area contributed by atoms with Gasteiger partial charge in [0.2, 0.25) is 5.91 Å². The number of rotatable bonds is 3. The third-order valence-electron chi connectivity index (χ3n) is 2.72. The topological polar surface area (TPSA) is 107 Å². The summed E-state index contributed by atoms with van der Waals surface area (Å²) in [6.07, 6.45) is 0. The third-order valence-corrected chi connectivity index (χ3v) is 3.73. The smallest absolute Gasteiger partial charge is 0.327 e. The van der Waals surface area contributed by atoms with Gasteiger partial charge in [0, 0.05) is 5.75 Å².